The molecule has 8 atom stereocenters. The fourth-order valence-corrected chi connectivity index (χ4v) is 9.33. The van der Waals surface area contributed by atoms with Crippen molar-refractivity contribution >= 4 is 0 Å². The minimum Gasteiger partial charge on any atom is -0.0622 e. The lowest BCUT2D eigenvalue weighted by Gasteiger charge is -2.05. The molecular weight excluding hydrogens is 1200 g/mol. The minimum atomic E-state index is 0.500. The minimum absolute atomic E-state index is 0.500. The van der Waals surface area contributed by atoms with Gasteiger partial charge in [-0.15, -0.1) is 0 Å². The van der Waals surface area contributed by atoms with Gasteiger partial charge in [-0.05, 0) is 161 Å². The second kappa shape index (κ2) is 43.7. The second-order valence-electron chi connectivity index (χ2n) is 41.1. The topological polar surface area (TPSA) is 0 Å². The van der Waals surface area contributed by atoms with Crippen LogP contribution < -0.4 is 0 Å². The lowest BCUT2D eigenvalue weighted by molar-refractivity contribution is 0.469. The molecule has 0 aromatic heterocycles. The van der Waals surface area contributed by atoms with Gasteiger partial charge < -0.3 is 0 Å². The van der Waals surface area contributed by atoms with Crippen LogP contribution in [0.2, 0.25) is 0 Å². The molecule has 0 nitrogen and oxygen atoms in total. The van der Waals surface area contributed by atoms with E-state index in [0.717, 1.165) is 47.3 Å². The van der Waals surface area contributed by atoms with E-state index in [4.69, 9.17) is 0 Å². The molecule has 8 aromatic rings. The Morgan fingerprint density at radius 1 is 0.130 bits per heavy atom. The van der Waals surface area contributed by atoms with E-state index in [0.29, 0.717) is 43.3 Å². The van der Waals surface area contributed by atoms with Gasteiger partial charge in [0.1, 0.15) is 0 Å². The summed E-state index contributed by atoms with van der Waals surface area (Å²) in [7, 11) is 0. The van der Waals surface area contributed by atoms with Crippen molar-refractivity contribution in [2.45, 2.75) is 295 Å². The summed E-state index contributed by atoms with van der Waals surface area (Å²) in [6.45, 7) is 70.0. The number of hydrogen-bond acceptors (Lipinski definition) is 0. The van der Waals surface area contributed by atoms with E-state index in [9.17, 15) is 0 Å². The Labute approximate surface area is 621 Å². The van der Waals surface area contributed by atoms with Crippen molar-refractivity contribution in [3.05, 3.63) is 287 Å². The summed E-state index contributed by atoms with van der Waals surface area (Å²) in [4.78, 5) is 0. The summed E-state index contributed by atoms with van der Waals surface area (Å²) in [6.07, 6.45) is 5.25. The standard InChI is InChI=1S/4C15H14.8C5H12/c4*1-3-7-12(8-4-1)14-11-15(14)13-9-5-2-6-10-13;8*1-5(2,3)4/h4*1-10,14-15H,11H2;8*1-4H3/t2*14-,15+;2*14-,15-;;;;;;;;/m..10......../s1. The zero-order valence-corrected chi connectivity index (χ0v) is 70.5. The highest BCUT2D eigenvalue weighted by molar-refractivity contribution is 5.39. The zero-order valence-electron chi connectivity index (χ0n) is 70.5. The maximum Gasteiger partial charge on any atom is -0.00868 e. The monoisotopic (exact) mass is 1350 g/mol. The van der Waals surface area contributed by atoms with Crippen LogP contribution in [0, 0.1) is 43.3 Å². The van der Waals surface area contributed by atoms with Gasteiger partial charge in [-0.2, -0.15) is 0 Å². The summed E-state index contributed by atoms with van der Waals surface area (Å²) in [5.74, 6) is 6.06. The predicted octanol–water partition coefficient (Wildman–Crippen LogP) is 32.3. The van der Waals surface area contributed by atoms with Crippen LogP contribution in [0.25, 0.3) is 0 Å². The van der Waals surface area contributed by atoms with Crippen LogP contribution in [0.5, 0.6) is 0 Å². The van der Waals surface area contributed by atoms with Gasteiger partial charge in [0.05, 0.1) is 0 Å². The largest absolute Gasteiger partial charge is 0.0622 e. The smallest absolute Gasteiger partial charge is 0.00868 e. The maximum absolute atomic E-state index is 2.24. The lowest BCUT2D eigenvalue weighted by atomic mass is 10.0. The molecule has 8 aromatic carbocycles. The Hall–Kier alpha value is -6.24. The molecule has 0 amide bonds. The van der Waals surface area contributed by atoms with Gasteiger partial charge in [0.2, 0.25) is 0 Å². The van der Waals surface area contributed by atoms with Crippen molar-refractivity contribution in [1.29, 1.82) is 0 Å². The van der Waals surface area contributed by atoms with Gasteiger partial charge in [0, 0.05) is 0 Å². The van der Waals surface area contributed by atoms with E-state index >= 15 is 0 Å². The van der Waals surface area contributed by atoms with Gasteiger partial charge in [-0.3, -0.25) is 0 Å². The van der Waals surface area contributed by atoms with Crippen molar-refractivity contribution in [2.24, 2.45) is 43.3 Å². The Bertz CT molecular complexity index is 2510. The number of rotatable bonds is 8. The quantitative estimate of drug-likeness (QED) is 0.142. The Balaban J connectivity index is 0.000000568. The normalized spacial score (nSPS) is 19.0. The van der Waals surface area contributed by atoms with Crippen LogP contribution in [0.15, 0.2) is 243 Å². The fourth-order valence-electron chi connectivity index (χ4n) is 9.33. The van der Waals surface area contributed by atoms with Gasteiger partial charge >= 0.3 is 0 Å². The van der Waals surface area contributed by atoms with Crippen molar-refractivity contribution in [3.63, 3.8) is 0 Å². The summed E-state index contributed by atoms with van der Waals surface area (Å²) < 4.78 is 0. The lowest BCUT2D eigenvalue weighted by Crippen LogP contribution is -1.93. The highest BCUT2D eigenvalue weighted by atomic mass is 14.4. The summed E-state index contributed by atoms with van der Waals surface area (Å²) >= 11 is 0. The van der Waals surface area contributed by atoms with Crippen LogP contribution in [-0.2, 0) is 0 Å². The van der Waals surface area contributed by atoms with Crippen molar-refractivity contribution < 1.29 is 0 Å². The molecule has 552 valence electrons. The Kier molecular flexibility index (Phi) is 40.1. The summed E-state index contributed by atoms with van der Waals surface area (Å²) in [5, 5.41) is 0. The molecule has 12 rings (SSSR count). The van der Waals surface area contributed by atoms with Crippen molar-refractivity contribution in [2.75, 3.05) is 0 Å². The predicted molar refractivity (Wildman–Crippen MR) is 453 cm³/mol. The van der Waals surface area contributed by atoms with E-state index in [2.05, 4.69) is 464 Å². The van der Waals surface area contributed by atoms with Crippen molar-refractivity contribution in [1.82, 2.24) is 0 Å². The molecule has 100 heavy (non-hydrogen) atoms. The number of hydrogen-bond donors (Lipinski definition) is 0. The SMILES string of the molecule is CC(C)(C)C.CC(C)(C)C.CC(C)(C)C.CC(C)(C)C.CC(C)(C)C.CC(C)(C)C.CC(C)(C)C.CC(C)(C)C.c1ccc([C@@H]2C[C@H]2c2ccccc2)cc1.c1ccc([C@H]2C[C@@H]2c2ccccc2)cc1.c1ccc([C@H]2C[C@H]2c2ccccc2)cc1.c1ccc([C@H]2C[C@H]2c2ccccc2)cc1. The summed E-state index contributed by atoms with van der Waals surface area (Å²) in [5.41, 5.74) is 15.9. The molecule has 0 heteroatoms. The van der Waals surface area contributed by atoms with E-state index in [1.807, 2.05) is 0 Å². The molecule has 0 spiro atoms. The van der Waals surface area contributed by atoms with E-state index < -0.39 is 0 Å². The molecule has 4 fully saturated rings. The van der Waals surface area contributed by atoms with Crippen molar-refractivity contribution in [3.8, 4) is 0 Å². The molecule has 0 bridgehead atoms. The fraction of sp³-hybridized carbons (Fsp3) is 0.520. The Morgan fingerprint density at radius 3 is 0.250 bits per heavy atom. The molecule has 0 heterocycles. The third-order valence-electron chi connectivity index (χ3n) is 13.0. The van der Waals surface area contributed by atoms with Gasteiger partial charge in [-0.25, -0.2) is 0 Å². The second-order valence-corrected chi connectivity index (χ2v) is 41.1. The third kappa shape index (κ3) is 58.4. The third-order valence-corrected chi connectivity index (χ3v) is 13.0. The maximum atomic E-state index is 2.24. The van der Waals surface area contributed by atoms with Crippen LogP contribution in [-0.4, -0.2) is 0 Å². The molecular formula is C100H152. The number of benzene rings is 8. The molecule has 0 N–H and O–H groups in total. The molecule has 0 unspecified atom stereocenters. The summed E-state index contributed by atoms with van der Waals surface area (Å²) in [6, 6.07) is 86.7. The highest BCUT2D eigenvalue weighted by Gasteiger charge is 2.41. The van der Waals surface area contributed by atoms with E-state index in [1.54, 1.807) is 0 Å². The first-order valence-corrected chi connectivity index (χ1v) is 38.2. The van der Waals surface area contributed by atoms with E-state index in [1.165, 1.54) is 70.2 Å². The van der Waals surface area contributed by atoms with Gasteiger partial charge in [0.15, 0.2) is 0 Å². The average Bonchev–Trinajstić information content (AvgIpc) is 1.67. The van der Waals surface area contributed by atoms with E-state index in [-0.39, 0.29) is 0 Å². The average molecular weight is 1350 g/mol. The van der Waals surface area contributed by atoms with Crippen LogP contribution in [0.3, 0.4) is 0 Å². The van der Waals surface area contributed by atoms with Crippen LogP contribution >= 0.6 is 0 Å². The van der Waals surface area contributed by atoms with Crippen LogP contribution in [0.4, 0.5) is 0 Å². The molecule has 0 aliphatic heterocycles. The first-order chi connectivity index (χ1) is 45.8. The molecule has 0 radical (unpaired) electrons. The molecule has 4 aliphatic rings. The molecule has 0 saturated heterocycles. The highest BCUT2D eigenvalue weighted by Crippen LogP contribution is 2.57. The first-order valence-electron chi connectivity index (χ1n) is 38.2. The molecule has 4 aliphatic carbocycles. The zero-order chi connectivity index (χ0) is 76.4. The van der Waals surface area contributed by atoms with Crippen LogP contribution in [0.1, 0.15) is 339 Å². The first kappa shape index (κ1) is 91.8. The molecule has 4 saturated carbocycles. The van der Waals surface area contributed by atoms with Gasteiger partial charge in [-0.1, -0.05) is 464 Å². The Morgan fingerprint density at radius 2 is 0.190 bits per heavy atom. The van der Waals surface area contributed by atoms with Gasteiger partial charge in [0.25, 0.3) is 0 Å².